The summed E-state index contributed by atoms with van der Waals surface area (Å²) in [4.78, 5) is 23.2. The first kappa shape index (κ1) is 15.9. The highest BCUT2D eigenvalue weighted by Gasteiger charge is 2.16. The third kappa shape index (κ3) is 4.02. The summed E-state index contributed by atoms with van der Waals surface area (Å²) >= 11 is 5.73. The van der Waals surface area contributed by atoms with E-state index in [2.05, 4.69) is 5.32 Å². The van der Waals surface area contributed by atoms with Crippen molar-refractivity contribution in [3.63, 3.8) is 0 Å². The van der Waals surface area contributed by atoms with Crippen LogP contribution in [0.25, 0.3) is 0 Å². The van der Waals surface area contributed by atoms with Gasteiger partial charge in [0.15, 0.2) is 11.6 Å². The fourth-order valence-electron chi connectivity index (χ4n) is 1.64. The van der Waals surface area contributed by atoms with E-state index >= 15 is 0 Å². The van der Waals surface area contributed by atoms with Crippen molar-refractivity contribution in [2.45, 2.75) is 6.54 Å². The molecule has 0 aromatic heterocycles. The summed E-state index contributed by atoms with van der Waals surface area (Å²) in [6.07, 6.45) is 0. The molecule has 0 aliphatic heterocycles. The molecular formula is C15H11ClF2N2O2. The highest BCUT2D eigenvalue weighted by Crippen LogP contribution is 2.16. The number of benzene rings is 2. The molecule has 0 unspecified atom stereocenters. The number of rotatable bonds is 3. The van der Waals surface area contributed by atoms with Gasteiger partial charge in [0.25, 0.3) is 0 Å². The predicted octanol–water partition coefficient (Wildman–Crippen LogP) is 2.87. The molecule has 0 heterocycles. The number of anilines is 1. The molecule has 2 aromatic carbocycles. The van der Waals surface area contributed by atoms with E-state index in [0.29, 0.717) is 5.02 Å². The van der Waals surface area contributed by atoms with Gasteiger partial charge in [0.05, 0.1) is 5.69 Å². The topological polar surface area (TPSA) is 58.2 Å². The Morgan fingerprint density at radius 2 is 1.68 bits per heavy atom. The van der Waals surface area contributed by atoms with Crippen LogP contribution in [0, 0.1) is 11.6 Å². The largest absolute Gasteiger partial charge is 0.344 e. The Kier molecular flexibility index (Phi) is 5.06. The number of amides is 2. The summed E-state index contributed by atoms with van der Waals surface area (Å²) in [6, 6.07) is 9.95. The molecule has 2 rings (SSSR count). The van der Waals surface area contributed by atoms with E-state index in [-0.39, 0.29) is 6.54 Å². The van der Waals surface area contributed by atoms with Gasteiger partial charge in [-0.15, -0.1) is 0 Å². The normalized spacial score (nSPS) is 10.1. The molecule has 22 heavy (non-hydrogen) atoms. The summed E-state index contributed by atoms with van der Waals surface area (Å²) in [5.41, 5.74) is 0.342. The Bertz CT molecular complexity index is 705. The van der Waals surface area contributed by atoms with Crippen molar-refractivity contribution in [2.24, 2.45) is 0 Å². The highest BCUT2D eigenvalue weighted by atomic mass is 35.5. The van der Waals surface area contributed by atoms with Crippen LogP contribution in [0.2, 0.25) is 5.02 Å². The molecule has 0 saturated heterocycles. The Morgan fingerprint density at radius 1 is 1.00 bits per heavy atom. The Balaban J connectivity index is 1.93. The first-order valence-electron chi connectivity index (χ1n) is 6.25. The van der Waals surface area contributed by atoms with Gasteiger partial charge in [-0.05, 0) is 29.8 Å². The fraction of sp³-hybridized carbons (Fsp3) is 0.0667. The Morgan fingerprint density at radius 3 is 2.36 bits per heavy atom. The zero-order chi connectivity index (χ0) is 16.1. The molecule has 0 atom stereocenters. The van der Waals surface area contributed by atoms with Gasteiger partial charge in [0, 0.05) is 11.6 Å². The SMILES string of the molecule is O=C(NCc1ccc(Cl)cc1)C(=O)Nc1cccc(F)c1F. The smallest absolute Gasteiger partial charge is 0.313 e. The first-order valence-corrected chi connectivity index (χ1v) is 6.63. The second-order valence-electron chi connectivity index (χ2n) is 4.36. The molecule has 0 saturated carbocycles. The first-order chi connectivity index (χ1) is 10.5. The van der Waals surface area contributed by atoms with Gasteiger partial charge >= 0.3 is 11.8 Å². The molecule has 0 aliphatic carbocycles. The Hall–Kier alpha value is -2.47. The van der Waals surface area contributed by atoms with Crippen LogP contribution >= 0.6 is 11.6 Å². The maximum Gasteiger partial charge on any atom is 0.313 e. The monoisotopic (exact) mass is 324 g/mol. The lowest BCUT2D eigenvalue weighted by atomic mass is 10.2. The van der Waals surface area contributed by atoms with Gasteiger partial charge in [-0.2, -0.15) is 0 Å². The minimum absolute atomic E-state index is 0.106. The zero-order valence-corrected chi connectivity index (χ0v) is 12.0. The summed E-state index contributed by atoms with van der Waals surface area (Å²) in [6.45, 7) is 0.106. The fourth-order valence-corrected chi connectivity index (χ4v) is 1.77. The van der Waals surface area contributed by atoms with E-state index in [9.17, 15) is 18.4 Å². The molecule has 2 aromatic rings. The molecule has 2 N–H and O–H groups in total. The second-order valence-corrected chi connectivity index (χ2v) is 4.80. The van der Waals surface area contributed by atoms with Crippen molar-refractivity contribution in [2.75, 3.05) is 5.32 Å². The van der Waals surface area contributed by atoms with Crippen LogP contribution in [0.1, 0.15) is 5.56 Å². The van der Waals surface area contributed by atoms with Gasteiger partial charge in [-0.25, -0.2) is 8.78 Å². The minimum atomic E-state index is -1.22. The van der Waals surface area contributed by atoms with Gasteiger partial charge in [-0.3, -0.25) is 9.59 Å². The summed E-state index contributed by atoms with van der Waals surface area (Å²) < 4.78 is 26.4. The van der Waals surface area contributed by atoms with Crippen LogP contribution in [0.15, 0.2) is 42.5 Å². The second kappa shape index (κ2) is 7.00. The molecule has 0 bridgehead atoms. The van der Waals surface area contributed by atoms with Crippen molar-refractivity contribution in [3.05, 3.63) is 64.7 Å². The van der Waals surface area contributed by atoms with E-state index in [1.807, 2.05) is 5.32 Å². The lowest BCUT2D eigenvalue weighted by molar-refractivity contribution is -0.136. The Labute approximate surface area is 130 Å². The number of carbonyl (C=O) groups is 2. The van der Waals surface area contributed by atoms with E-state index in [1.54, 1.807) is 24.3 Å². The number of hydrogen-bond acceptors (Lipinski definition) is 2. The van der Waals surface area contributed by atoms with Gasteiger partial charge in [0.2, 0.25) is 0 Å². The summed E-state index contributed by atoms with van der Waals surface area (Å²) in [5, 5.41) is 4.92. The predicted molar refractivity (Wildman–Crippen MR) is 78.3 cm³/mol. The standard InChI is InChI=1S/C15H11ClF2N2O2/c16-10-6-4-9(5-7-10)8-19-14(21)15(22)20-12-3-1-2-11(17)13(12)18/h1-7H,8H2,(H,19,21)(H,20,22). The van der Waals surface area contributed by atoms with Gasteiger partial charge in [0.1, 0.15) is 0 Å². The maximum atomic E-state index is 13.4. The number of nitrogens with one attached hydrogen (secondary N) is 2. The van der Waals surface area contributed by atoms with Gasteiger partial charge in [-0.1, -0.05) is 29.8 Å². The van der Waals surface area contributed by atoms with Gasteiger partial charge < -0.3 is 10.6 Å². The molecular weight excluding hydrogens is 314 g/mol. The lowest BCUT2D eigenvalue weighted by Gasteiger charge is -2.07. The minimum Gasteiger partial charge on any atom is -0.344 e. The average Bonchev–Trinajstić information content (AvgIpc) is 2.51. The van der Waals surface area contributed by atoms with Crippen LogP contribution in [-0.2, 0) is 16.1 Å². The quantitative estimate of drug-likeness (QED) is 0.853. The average molecular weight is 325 g/mol. The van der Waals surface area contributed by atoms with Crippen LogP contribution in [0.4, 0.5) is 14.5 Å². The molecule has 0 radical (unpaired) electrons. The molecule has 2 amide bonds. The third-order valence-corrected chi connectivity index (χ3v) is 3.02. The number of carbonyl (C=O) groups excluding carboxylic acids is 2. The van der Waals surface area contributed by atoms with E-state index in [4.69, 9.17) is 11.6 Å². The number of hydrogen-bond donors (Lipinski definition) is 2. The molecule has 4 nitrogen and oxygen atoms in total. The van der Waals surface area contributed by atoms with Crippen molar-refractivity contribution in [3.8, 4) is 0 Å². The van der Waals surface area contributed by atoms with Crippen LogP contribution in [0.3, 0.4) is 0 Å². The van der Waals surface area contributed by atoms with E-state index < -0.39 is 29.1 Å². The van der Waals surface area contributed by atoms with Crippen molar-refractivity contribution >= 4 is 29.1 Å². The third-order valence-electron chi connectivity index (χ3n) is 2.77. The number of halogens is 3. The van der Waals surface area contributed by atoms with E-state index in [0.717, 1.165) is 17.7 Å². The lowest BCUT2D eigenvalue weighted by Crippen LogP contribution is -2.35. The molecule has 7 heteroatoms. The molecule has 114 valence electrons. The van der Waals surface area contributed by atoms with E-state index in [1.165, 1.54) is 6.07 Å². The van der Waals surface area contributed by atoms with Crippen molar-refractivity contribution in [1.29, 1.82) is 0 Å². The molecule has 0 spiro atoms. The maximum absolute atomic E-state index is 13.4. The molecule has 0 aliphatic rings. The summed E-state index contributed by atoms with van der Waals surface area (Å²) in [7, 11) is 0. The van der Waals surface area contributed by atoms with Crippen LogP contribution in [-0.4, -0.2) is 11.8 Å². The highest BCUT2D eigenvalue weighted by molar-refractivity contribution is 6.39. The van der Waals surface area contributed by atoms with Crippen LogP contribution < -0.4 is 10.6 Å². The van der Waals surface area contributed by atoms with Crippen molar-refractivity contribution in [1.82, 2.24) is 5.32 Å². The zero-order valence-electron chi connectivity index (χ0n) is 11.2. The van der Waals surface area contributed by atoms with Crippen LogP contribution in [0.5, 0.6) is 0 Å². The van der Waals surface area contributed by atoms with Crippen molar-refractivity contribution < 1.29 is 18.4 Å². The summed E-state index contributed by atoms with van der Waals surface area (Å²) in [5.74, 6) is -4.38. The molecule has 0 fully saturated rings.